The first-order valence-corrected chi connectivity index (χ1v) is 9.73. The molecule has 1 N–H and O–H groups in total. The van der Waals surface area contributed by atoms with Gasteiger partial charge in [0.1, 0.15) is 23.5 Å². The summed E-state index contributed by atoms with van der Waals surface area (Å²) >= 11 is 0. The Labute approximate surface area is 177 Å². The number of sulfonamides is 1. The summed E-state index contributed by atoms with van der Waals surface area (Å²) in [6.07, 6.45) is -9.32. The molecule has 1 aromatic heterocycles. The number of nitrogens with zero attached hydrogens (tertiary/aromatic N) is 2. The molecule has 0 saturated carbocycles. The number of alkyl halides is 6. The van der Waals surface area contributed by atoms with Gasteiger partial charge < -0.3 is 18.9 Å². The van der Waals surface area contributed by atoms with E-state index in [0.717, 1.165) is 0 Å². The van der Waals surface area contributed by atoms with Crippen LogP contribution in [-0.2, 0) is 10.0 Å². The van der Waals surface area contributed by atoms with Gasteiger partial charge in [-0.1, -0.05) is 6.07 Å². The van der Waals surface area contributed by atoms with Gasteiger partial charge >= 0.3 is 12.4 Å². The average Bonchev–Trinajstić information content (AvgIpc) is 2.69. The van der Waals surface area contributed by atoms with Crippen molar-refractivity contribution >= 4 is 15.7 Å². The zero-order chi connectivity index (χ0) is 24.2. The zero-order valence-corrected chi connectivity index (χ0v) is 17.1. The third kappa shape index (κ3) is 6.66. The van der Waals surface area contributed by atoms with Gasteiger partial charge in [-0.05, 0) is 12.1 Å². The molecule has 0 radical (unpaired) electrons. The summed E-state index contributed by atoms with van der Waals surface area (Å²) in [5, 5.41) is 0. The van der Waals surface area contributed by atoms with Crippen LogP contribution in [0.1, 0.15) is 0 Å². The molecular weight excluding hydrogens is 476 g/mol. The van der Waals surface area contributed by atoms with E-state index in [1.165, 1.54) is 32.4 Å². The van der Waals surface area contributed by atoms with Crippen LogP contribution in [0, 0.1) is 0 Å². The minimum absolute atomic E-state index is 0.0692. The molecule has 0 aliphatic heterocycles. The van der Waals surface area contributed by atoms with Crippen molar-refractivity contribution in [2.75, 3.05) is 32.2 Å². The second kappa shape index (κ2) is 9.54. The summed E-state index contributed by atoms with van der Waals surface area (Å²) in [5.74, 6) is -2.51. The molecule has 0 amide bonds. The lowest BCUT2D eigenvalue weighted by Gasteiger charge is -2.18. The third-order valence-electron chi connectivity index (χ3n) is 3.42. The van der Waals surface area contributed by atoms with Gasteiger partial charge in [0, 0.05) is 0 Å². The highest BCUT2D eigenvalue weighted by Crippen LogP contribution is 2.39. The van der Waals surface area contributed by atoms with Crippen LogP contribution >= 0.6 is 0 Å². The summed E-state index contributed by atoms with van der Waals surface area (Å²) in [6, 6.07) is 4.09. The average molecular weight is 491 g/mol. The standard InChI is InChI=1S/C16H15F6N3O6S/c1-28-9-4-3-5-10(29-2)11(9)25-32(26,27)12-13(30-6-15(17,18)19)23-8-24-14(12)31-7-16(20,21)22/h3-5,8,25H,6-7H2,1-2H3. The van der Waals surface area contributed by atoms with Crippen molar-refractivity contribution in [3.63, 3.8) is 0 Å². The smallest absolute Gasteiger partial charge is 0.422 e. The maximum atomic E-state index is 13.0. The first kappa shape index (κ1) is 25.1. The number of ether oxygens (including phenoxy) is 4. The predicted octanol–water partition coefficient (Wildman–Crippen LogP) is 3.18. The van der Waals surface area contributed by atoms with E-state index >= 15 is 0 Å². The van der Waals surface area contributed by atoms with Crippen LogP contribution in [-0.4, -0.2) is 58.2 Å². The molecule has 0 aliphatic carbocycles. The van der Waals surface area contributed by atoms with Crippen LogP contribution in [0.4, 0.5) is 32.0 Å². The summed E-state index contributed by atoms with van der Waals surface area (Å²) in [5.41, 5.74) is -0.301. The van der Waals surface area contributed by atoms with Crippen molar-refractivity contribution in [2.24, 2.45) is 0 Å². The highest BCUT2D eigenvalue weighted by Gasteiger charge is 2.36. The number of aromatic nitrogens is 2. The molecule has 2 rings (SSSR count). The lowest BCUT2D eigenvalue weighted by Crippen LogP contribution is -2.25. The number of anilines is 1. The summed E-state index contributed by atoms with van der Waals surface area (Å²) in [4.78, 5) is 5.32. The molecule has 0 saturated heterocycles. The minimum atomic E-state index is -4.99. The van der Waals surface area contributed by atoms with E-state index in [-0.39, 0.29) is 17.2 Å². The van der Waals surface area contributed by atoms with E-state index in [4.69, 9.17) is 9.47 Å². The van der Waals surface area contributed by atoms with E-state index in [2.05, 4.69) is 19.4 Å². The molecule has 2 aromatic rings. The van der Waals surface area contributed by atoms with Crippen molar-refractivity contribution in [1.29, 1.82) is 0 Å². The Hall–Kier alpha value is -3.17. The van der Waals surface area contributed by atoms with Gasteiger partial charge in [0.25, 0.3) is 10.0 Å². The highest BCUT2D eigenvalue weighted by molar-refractivity contribution is 7.93. The van der Waals surface area contributed by atoms with E-state index < -0.39 is 52.2 Å². The molecule has 178 valence electrons. The number of para-hydroxylation sites is 1. The number of halogens is 6. The summed E-state index contributed by atoms with van der Waals surface area (Å²) in [6.45, 7) is -3.97. The molecule has 0 spiro atoms. The number of rotatable bonds is 9. The van der Waals surface area contributed by atoms with Gasteiger partial charge in [-0.2, -0.15) is 26.3 Å². The van der Waals surface area contributed by atoms with Crippen LogP contribution < -0.4 is 23.7 Å². The molecule has 9 nitrogen and oxygen atoms in total. The summed E-state index contributed by atoms with van der Waals surface area (Å²) in [7, 11) is -2.62. The number of nitrogens with one attached hydrogen (secondary N) is 1. The quantitative estimate of drug-likeness (QED) is 0.533. The number of hydrogen-bond acceptors (Lipinski definition) is 8. The van der Waals surface area contributed by atoms with Crippen molar-refractivity contribution in [2.45, 2.75) is 17.2 Å². The maximum Gasteiger partial charge on any atom is 0.422 e. The van der Waals surface area contributed by atoms with Crippen LogP contribution in [0.3, 0.4) is 0 Å². The lowest BCUT2D eigenvalue weighted by atomic mass is 10.3. The third-order valence-corrected chi connectivity index (χ3v) is 4.78. The van der Waals surface area contributed by atoms with Gasteiger partial charge in [-0.25, -0.2) is 18.4 Å². The minimum Gasteiger partial charge on any atom is -0.494 e. The van der Waals surface area contributed by atoms with Gasteiger partial charge in [0.2, 0.25) is 16.7 Å². The number of benzene rings is 1. The molecule has 1 heterocycles. The Bertz CT molecular complexity index is 987. The van der Waals surface area contributed by atoms with Crippen molar-refractivity contribution in [1.82, 2.24) is 9.97 Å². The second-order valence-corrected chi connectivity index (χ2v) is 7.38. The maximum absolute atomic E-state index is 13.0. The molecule has 0 atom stereocenters. The first-order chi connectivity index (χ1) is 14.8. The van der Waals surface area contributed by atoms with E-state index in [0.29, 0.717) is 6.33 Å². The SMILES string of the molecule is COc1cccc(OC)c1NS(=O)(=O)c1c(OCC(F)(F)F)ncnc1OCC(F)(F)F. The molecule has 0 fully saturated rings. The predicted molar refractivity (Wildman–Crippen MR) is 95.5 cm³/mol. The fourth-order valence-electron chi connectivity index (χ4n) is 2.22. The van der Waals surface area contributed by atoms with Gasteiger partial charge in [0.15, 0.2) is 13.2 Å². The van der Waals surface area contributed by atoms with Crippen molar-refractivity contribution < 1.29 is 53.7 Å². The monoisotopic (exact) mass is 491 g/mol. The first-order valence-electron chi connectivity index (χ1n) is 8.25. The molecule has 0 bridgehead atoms. The van der Waals surface area contributed by atoms with E-state index in [1.807, 2.05) is 4.72 Å². The normalized spacial score (nSPS) is 12.2. The summed E-state index contributed by atoms with van der Waals surface area (Å²) < 4.78 is 122. The van der Waals surface area contributed by atoms with Crippen molar-refractivity contribution in [3.05, 3.63) is 24.5 Å². The Balaban J connectivity index is 2.58. The van der Waals surface area contributed by atoms with Gasteiger partial charge in [-0.3, -0.25) is 4.72 Å². The zero-order valence-electron chi connectivity index (χ0n) is 16.2. The van der Waals surface area contributed by atoms with Crippen molar-refractivity contribution in [3.8, 4) is 23.3 Å². The fourth-order valence-corrected chi connectivity index (χ4v) is 3.47. The Morgan fingerprint density at radius 3 is 1.69 bits per heavy atom. The van der Waals surface area contributed by atoms with E-state index in [1.54, 1.807) is 0 Å². The van der Waals surface area contributed by atoms with Crippen LogP contribution in [0.5, 0.6) is 23.3 Å². The Kier molecular flexibility index (Phi) is 7.48. The molecular formula is C16H15F6N3O6S. The lowest BCUT2D eigenvalue weighted by molar-refractivity contribution is -0.155. The Morgan fingerprint density at radius 2 is 1.31 bits per heavy atom. The molecule has 0 aliphatic rings. The Morgan fingerprint density at radius 1 is 0.875 bits per heavy atom. The molecule has 32 heavy (non-hydrogen) atoms. The van der Waals surface area contributed by atoms with Crippen LogP contribution in [0.2, 0.25) is 0 Å². The second-order valence-electron chi connectivity index (χ2n) is 5.76. The number of hydrogen-bond donors (Lipinski definition) is 1. The van der Waals surface area contributed by atoms with Gasteiger partial charge in [-0.15, -0.1) is 0 Å². The fraction of sp³-hybridized carbons (Fsp3) is 0.375. The van der Waals surface area contributed by atoms with Gasteiger partial charge in [0.05, 0.1) is 14.2 Å². The molecule has 16 heteroatoms. The largest absolute Gasteiger partial charge is 0.494 e. The molecule has 1 aromatic carbocycles. The highest BCUT2D eigenvalue weighted by atomic mass is 32.2. The van der Waals surface area contributed by atoms with Crippen LogP contribution in [0.15, 0.2) is 29.4 Å². The molecule has 0 unspecified atom stereocenters. The number of methoxy groups -OCH3 is 2. The van der Waals surface area contributed by atoms with Crippen LogP contribution in [0.25, 0.3) is 0 Å². The van der Waals surface area contributed by atoms with E-state index in [9.17, 15) is 34.8 Å². The topological polar surface area (TPSA) is 109 Å².